The van der Waals surface area contributed by atoms with Crippen molar-refractivity contribution < 1.29 is 0 Å². The highest BCUT2D eigenvalue weighted by molar-refractivity contribution is 9.11. The van der Waals surface area contributed by atoms with Gasteiger partial charge in [0.25, 0.3) is 0 Å². The second kappa shape index (κ2) is 6.97. The van der Waals surface area contributed by atoms with Crippen LogP contribution in [-0.4, -0.2) is 9.78 Å². The van der Waals surface area contributed by atoms with Crippen LogP contribution in [0.2, 0.25) is 0 Å². The zero-order chi connectivity index (χ0) is 14.7. The molecule has 3 rings (SSSR count). The van der Waals surface area contributed by atoms with E-state index >= 15 is 0 Å². The highest BCUT2D eigenvalue weighted by Crippen LogP contribution is 2.31. The number of benzene rings is 1. The smallest absolute Gasteiger partial charge is 0.0815 e. The molecule has 112 valence electrons. The third kappa shape index (κ3) is 3.69. The van der Waals surface area contributed by atoms with Gasteiger partial charge in [0.15, 0.2) is 0 Å². The summed E-state index contributed by atoms with van der Waals surface area (Å²) in [5.74, 6) is 0. The molecule has 2 aromatic rings. The van der Waals surface area contributed by atoms with Crippen LogP contribution in [0.15, 0.2) is 39.4 Å². The second-order valence-electron chi connectivity index (χ2n) is 5.53. The van der Waals surface area contributed by atoms with E-state index in [4.69, 9.17) is 5.10 Å². The fourth-order valence-corrected chi connectivity index (χ4v) is 4.15. The fourth-order valence-electron chi connectivity index (χ4n) is 2.87. The SMILES string of the molecule is Brc1cccc(Br)c1NCc1ccn(C2CCCCC2)n1. The summed E-state index contributed by atoms with van der Waals surface area (Å²) < 4.78 is 4.28. The third-order valence-corrected chi connectivity index (χ3v) is 5.34. The Morgan fingerprint density at radius 3 is 2.52 bits per heavy atom. The Morgan fingerprint density at radius 1 is 1.10 bits per heavy atom. The normalized spacial score (nSPS) is 16.1. The van der Waals surface area contributed by atoms with E-state index in [-0.39, 0.29) is 0 Å². The number of nitrogens with one attached hydrogen (secondary N) is 1. The monoisotopic (exact) mass is 411 g/mol. The molecule has 1 aromatic heterocycles. The van der Waals surface area contributed by atoms with Crippen LogP contribution in [0, 0.1) is 0 Å². The van der Waals surface area contributed by atoms with Crippen molar-refractivity contribution in [3.8, 4) is 0 Å². The average Bonchev–Trinajstić information content (AvgIpc) is 2.97. The van der Waals surface area contributed by atoms with Crippen LogP contribution in [0.25, 0.3) is 0 Å². The van der Waals surface area contributed by atoms with Crippen LogP contribution in [0.3, 0.4) is 0 Å². The maximum Gasteiger partial charge on any atom is 0.0815 e. The first-order chi connectivity index (χ1) is 10.2. The summed E-state index contributed by atoms with van der Waals surface area (Å²) >= 11 is 7.14. The molecule has 3 nitrogen and oxygen atoms in total. The maximum atomic E-state index is 4.73. The Morgan fingerprint density at radius 2 is 1.81 bits per heavy atom. The van der Waals surface area contributed by atoms with Gasteiger partial charge in [-0.1, -0.05) is 25.3 Å². The van der Waals surface area contributed by atoms with Crippen LogP contribution in [-0.2, 0) is 6.54 Å². The average molecular weight is 413 g/mol. The zero-order valence-electron chi connectivity index (χ0n) is 11.9. The Bertz CT molecular complexity index is 583. The van der Waals surface area contributed by atoms with Crippen molar-refractivity contribution in [1.82, 2.24) is 9.78 Å². The first kappa shape index (κ1) is 15.1. The van der Waals surface area contributed by atoms with E-state index in [0.29, 0.717) is 6.04 Å². The van der Waals surface area contributed by atoms with Gasteiger partial charge in [-0.2, -0.15) is 5.10 Å². The number of para-hydroxylation sites is 1. The van der Waals surface area contributed by atoms with Gasteiger partial charge < -0.3 is 5.32 Å². The molecule has 0 bridgehead atoms. The quantitative estimate of drug-likeness (QED) is 0.715. The molecule has 1 heterocycles. The van der Waals surface area contributed by atoms with Gasteiger partial charge in [-0.25, -0.2) is 0 Å². The summed E-state index contributed by atoms with van der Waals surface area (Å²) in [5, 5.41) is 8.18. The van der Waals surface area contributed by atoms with Gasteiger partial charge in [0.1, 0.15) is 0 Å². The molecule has 0 amide bonds. The number of anilines is 1. The van der Waals surface area contributed by atoms with Gasteiger partial charge >= 0.3 is 0 Å². The van der Waals surface area contributed by atoms with E-state index in [1.54, 1.807) is 0 Å². The van der Waals surface area contributed by atoms with Crippen molar-refractivity contribution in [2.24, 2.45) is 0 Å². The predicted molar refractivity (Wildman–Crippen MR) is 93.5 cm³/mol. The van der Waals surface area contributed by atoms with Crippen molar-refractivity contribution in [1.29, 1.82) is 0 Å². The number of rotatable bonds is 4. The fraction of sp³-hybridized carbons (Fsp3) is 0.438. The van der Waals surface area contributed by atoms with Gasteiger partial charge in [-0.05, 0) is 62.9 Å². The van der Waals surface area contributed by atoms with Gasteiger partial charge in [-0.3, -0.25) is 4.68 Å². The summed E-state index contributed by atoms with van der Waals surface area (Å²) in [6, 6.07) is 8.80. The lowest BCUT2D eigenvalue weighted by molar-refractivity contribution is 0.328. The molecule has 0 aliphatic heterocycles. The van der Waals surface area contributed by atoms with E-state index in [2.05, 4.69) is 54.1 Å². The van der Waals surface area contributed by atoms with Crippen molar-refractivity contribution in [3.05, 3.63) is 45.1 Å². The van der Waals surface area contributed by atoms with Crippen LogP contribution in [0.4, 0.5) is 5.69 Å². The minimum atomic E-state index is 0.600. The van der Waals surface area contributed by atoms with Crippen molar-refractivity contribution in [2.45, 2.75) is 44.7 Å². The lowest BCUT2D eigenvalue weighted by atomic mass is 9.96. The molecular formula is C16H19Br2N3. The highest BCUT2D eigenvalue weighted by Gasteiger charge is 2.16. The molecule has 0 saturated heterocycles. The van der Waals surface area contributed by atoms with Gasteiger partial charge in [0, 0.05) is 15.1 Å². The van der Waals surface area contributed by atoms with E-state index < -0.39 is 0 Å². The van der Waals surface area contributed by atoms with E-state index in [0.717, 1.165) is 26.9 Å². The molecule has 0 atom stereocenters. The summed E-state index contributed by atoms with van der Waals surface area (Å²) in [7, 11) is 0. The first-order valence-electron chi connectivity index (χ1n) is 7.46. The lowest BCUT2D eigenvalue weighted by Crippen LogP contribution is -2.13. The maximum absolute atomic E-state index is 4.73. The number of nitrogens with zero attached hydrogens (tertiary/aromatic N) is 2. The Balaban J connectivity index is 1.64. The number of hydrogen-bond acceptors (Lipinski definition) is 2. The molecule has 1 aromatic carbocycles. The molecule has 0 spiro atoms. The molecule has 0 unspecified atom stereocenters. The molecule has 1 aliphatic rings. The summed E-state index contributed by atoms with van der Waals surface area (Å²) in [5.41, 5.74) is 2.16. The molecular weight excluding hydrogens is 394 g/mol. The number of aromatic nitrogens is 2. The molecule has 1 aliphatic carbocycles. The lowest BCUT2D eigenvalue weighted by Gasteiger charge is -2.21. The number of halogens is 2. The number of hydrogen-bond donors (Lipinski definition) is 1. The standard InChI is InChI=1S/C16H19Br2N3/c17-14-7-4-8-15(18)16(14)19-11-12-9-10-21(20-12)13-5-2-1-3-6-13/h4,7-10,13,19H,1-3,5-6,11H2. The molecule has 0 radical (unpaired) electrons. The van der Waals surface area contributed by atoms with E-state index in [1.807, 2.05) is 18.2 Å². The summed E-state index contributed by atoms with van der Waals surface area (Å²) in [6.45, 7) is 0.737. The van der Waals surface area contributed by atoms with E-state index in [9.17, 15) is 0 Å². The largest absolute Gasteiger partial charge is 0.377 e. The molecule has 1 saturated carbocycles. The predicted octanol–water partition coefficient (Wildman–Crippen LogP) is 5.53. The minimum Gasteiger partial charge on any atom is -0.377 e. The van der Waals surface area contributed by atoms with Crippen molar-refractivity contribution in [3.63, 3.8) is 0 Å². The second-order valence-corrected chi connectivity index (χ2v) is 7.24. The molecule has 1 fully saturated rings. The van der Waals surface area contributed by atoms with Gasteiger partial charge in [0.2, 0.25) is 0 Å². The summed E-state index contributed by atoms with van der Waals surface area (Å²) in [6.07, 6.45) is 8.71. The summed E-state index contributed by atoms with van der Waals surface area (Å²) in [4.78, 5) is 0. The van der Waals surface area contributed by atoms with Gasteiger partial charge in [0.05, 0.1) is 24.0 Å². The minimum absolute atomic E-state index is 0.600. The molecule has 5 heteroatoms. The van der Waals surface area contributed by atoms with E-state index in [1.165, 1.54) is 32.1 Å². The van der Waals surface area contributed by atoms with Crippen LogP contribution < -0.4 is 5.32 Å². The van der Waals surface area contributed by atoms with Crippen LogP contribution in [0.5, 0.6) is 0 Å². The Labute approximate surface area is 142 Å². The van der Waals surface area contributed by atoms with Crippen molar-refractivity contribution in [2.75, 3.05) is 5.32 Å². The molecule has 21 heavy (non-hydrogen) atoms. The van der Waals surface area contributed by atoms with Crippen LogP contribution in [0.1, 0.15) is 43.8 Å². The van der Waals surface area contributed by atoms with Gasteiger partial charge in [-0.15, -0.1) is 0 Å². The van der Waals surface area contributed by atoms with Crippen LogP contribution >= 0.6 is 31.9 Å². The Hall–Kier alpha value is -0.810. The van der Waals surface area contributed by atoms with Crippen molar-refractivity contribution >= 4 is 37.5 Å². The zero-order valence-corrected chi connectivity index (χ0v) is 15.0. The highest BCUT2D eigenvalue weighted by atomic mass is 79.9. The first-order valence-corrected chi connectivity index (χ1v) is 9.04. The topological polar surface area (TPSA) is 29.9 Å². The Kier molecular flexibility index (Phi) is 5.01. The molecule has 1 N–H and O–H groups in total. The third-order valence-electron chi connectivity index (χ3n) is 4.02.